The van der Waals surface area contributed by atoms with Crippen LogP contribution in [0.25, 0.3) is 6.08 Å². The van der Waals surface area contributed by atoms with Gasteiger partial charge in [0.1, 0.15) is 0 Å². The molecule has 0 spiro atoms. The summed E-state index contributed by atoms with van der Waals surface area (Å²) < 4.78 is 0. The Labute approximate surface area is 119 Å². The van der Waals surface area contributed by atoms with Gasteiger partial charge >= 0.3 is 0 Å². The van der Waals surface area contributed by atoms with Crippen LogP contribution in [0.3, 0.4) is 0 Å². The van der Waals surface area contributed by atoms with E-state index in [2.05, 4.69) is 75.3 Å². The Bertz CT molecular complexity index is 618. The summed E-state index contributed by atoms with van der Waals surface area (Å²) in [6.45, 7) is 4.50. The quantitative estimate of drug-likeness (QED) is 0.725. The smallest absolute Gasteiger partial charge is 0.0372 e. The van der Waals surface area contributed by atoms with Crippen LogP contribution < -0.4 is 4.90 Å². The molecule has 1 aliphatic heterocycles. The van der Waals surface area contributed by atoms with Gasteiger partial charge in [0.15, 0.2) is 0 Å². The lowest BCUT2D eigenvalue weighted by molar-refractivity contribution is 0.620. The zero-order valence-electron chi connectivity index (χ0n) is 11.9. The topological polar surface area (TPSA) is 3.24 Å². The minimum Gasteiger partial charge on any atom is -0.378 e. The first-order valence-corrected chi connectivity index (χ1v) is 7.40. The second kappa shape index (κ2) is 4.31. The standard InChI is InChI=1S/C17H19NS/c1-17(2)8-7-13-9-12-5-6-14(18(3)4)10-15(12)19-16(13)11-17/h5-11H,1-4H3. The predicted octanol–water partition coefficient (Wildman–Crippen LogP) is 4.72. The molecule has 1 nitrogen and oxygen atoms in total. The number of thioether (sulfide) groups is 1. The molecule has 0 saturated heterocycles. The molecule has 3 rings (SSSR count). The Kier molecular flexibility index (Phi) is 2.86. The summed E-state index contributed by atoms with van der Waals surface area (Å²) in [6, 6.07) is 6.68. The Hall–Kier alpha value is -1.41. The SMILES string of the molecule is CN(C)c1ccc2c(c1)SC1=CC(C)(C)C=CC1=C2. The lowest BCUT2D eigenvalue weighted by Gasteiger charge is -2.27. The lowest BCUT2D eigenvalue weighted by Crippen LogP contribution is -2.11. The molecule has 0 aromatic heterocycles. The van der Waals surface area contributed by atoms with E-state index in [0.717, 1.165) is 0 Å². The molecule has 2 aliphatic rings. The molecular formula is C17H19NS. The van der Waals surface area contributed by atoms with Gasteiger partial charge in [-0.3, -0.25) is 0 Å². The first-order chi connectivity index (χ1) is 8.94. The van der Waals surface area contributed by atoms with E-state index in [9.17, 15) is 0 Å². The van der Waals surface area contributed by atoms with Crippen LogP contribution in [0.4, 0.5) is 5.69 Å². The fourth-order valence-electron chi connectivity index (χ4n) is 2.36. The summed E-state index contributed by atoms with van der Waals surface area (Å²) >= 11 is 1.89. The number of rotatable bonds is 1. The van der Waals surface area contributed by atoms with Crippen molar-refractivity contribution >= 4 is 23.5 Å². The number of anilines is 1. The molecular weight excluding hydrogens is 250 g/mol. The Morgan fingerprint density at radius 1 is 1.16 bits per heavy atom. The number of fused-ring (bicyclic) bond motifs is 2. The summed E-state index contributed by atoms with van der Waals surface area (Å²) in [5.74, 6) is 0. The summed E-state index contributed by atoms with van der Waals surface area (Å²) in [5, 5.41) is 0. The van der Waals surface area contributed by atoms with Gasteiger partial charge in [-0.05, 0) is 29.3 Å². The Morgan fingerprint density at radius 3 is 2.68 bits per heavy atom. The van der Waals surface area contributed by atoms with E-state index in [1.807, 2.05) is 11.8 Å². The fraction of sp³-hybridized carbons (Fsp3) is 0.294. The highest BCUT2D eigenvalue weighted by molar-refractivity contribution is 8.03. The second-order valence-electron chi connectivity index (χ2n) is 5.98. The van der Waals surface area contributed by atoms with Gasteiger partial charge in [-0.1, -0.05) is 49.9 Å². The zero-order valence-corrected chi connectivity index (χ0v) is 12.7. The number of nitrogens with zero attached hydrogens (tertiary/aromatic N) is 1. The second-order valence-corrected chi connectivity index (χ2v) is 7.07. The van der Waals surface area contributed by atoms with Crippen molar-refractivity contribution in [3.63, 3.8) is 0 Å². The molecule has 0 amide bonds. The predicted molar refractivity (Wildman–Crippen MR) is 85.6 cm³/mol. The van der Waals surface area contributed by atoms with Gasteiger partial charge in [0.2, 0.25) is 0 Å². The van der Waals surface area contributed by atoms with Crippen molar-refractivity contribution in [2.75, 3.05) is 19.0 Å². The maximum absolute atomic E-state index is 2.37. The van der Waals surface area contributed by atoms with Gasteiger partial charge in [-0.25, -0.2) is 0 Å². The van der Waals surface area contributed by atoms with Crippen molar-refractivity contribution in [3.05, 3.63) is 52.5 Å². The lowest BCUT2D eigenvalue weighted by atomic mass is 9.87. The molecule has 0 bridgehead atoms. The van der Waals surface area contributed by atoms with Crippen LogP contribution in [0.15, 0.2) is 51.8 Å². The van der Waals surface area contributed by atoms with Gasteiger partial charge in [0.05, 0.1) is 0 Å². The van der Waals surface area contributed by atoms with Gasteiger partial charge in [-0.15, -0.1) is 0 Å². The average Bonchev–Trinajstić information content (AvgIpc) is 2.34. The molecule has 19 heavy (non-hydrogen) atoms. The molecule has 0 radical (unpaired) electrons. The monoisotopic (exact) mass is 269 g/mol. The third kappa shape index (κ3) is 2.37. The average molecular weight is 269 g/mol. The van der Waals surface area contributed by atoms with E-state index in [0.29, 0.717) is 0 Å². The van der Waals surface area contributed by atoms with Crippen molar-refractivity contribution in [2.45, 2.75) is 18.7 Å². The third-order valence-electron chi connectivity index (χ3n) is 3.52. The molecule has 0 N–H and O–H groups in total. The molecule has 0 atom stereocenters. The normalized spacial score (nSPS) is 19.2. The summed E-state index contributed by atoms with van der Waals surface area (Å²) in [6.07, 6.45) is 9.20. The van der Waals surface area contributed by atoms with Crippen molar-refractivity contribution in [2.24, 2.45) is 5.41 Å². The number of hydrogen-bond donors (Lipinski definition) is 0. The molecule has 0 unspecified atom stereocenters. The van der Waals surface area contributed by atoms with Gasteiger partial charge < -0.3 is 4.90 Å². The molecule has 2 heteroatoms. The Morgan fingerprint density at radius 2 is 1.95 bits per heavy atom. The molecule has 0 fully saturated rings. The van der Waals surface area contributed by atoms with Crippen LogP contribution >= 0.6 is 11.8 Å². The first kappa shape index (κ1) is 12.6. The van der Waals surface area contributed by atoms with Crippen LogP contribution in [0.2, 0.25) is 0 Å². The molecule has 1 aliphatic carbocycles. The maximum Gasteiger partial charge on any atom is 0.0372 e. The highest BCUT2D eigenvalue weighted by Gasteiger charge is 2.23. The molecule has 0 saturated carbocycles. The largest absolute Gasteiger partial charge is 0.378 e. The third-order valence-corrected chi connectivity index (χ3v) is 4.67. The maximum atomic E-state index is 2.37. The highest BCUT2D eigenvalue weighted by Crippen LogP contribution is 2.46. The number of hydrogen-bond acceptors (Lipinski definition) is 2. The minimum absolute atomic E-state index is 0.163. The van der Waals surface area contributed by atoms with Gasteiger partial charge in [-0.2, -0.15) is 0 Å². The van der Waals surface area contributed by atoms with Crippen molar-refractivity contribution in [1.29, 1.82) is 0 Å². The van der Waals surface area contributed by atoms with Crippen LogP contribution in [-0.2, 0) is 0 Å². The summed E-state index contributed by atoms with van der Waals surface area (Å²) in [7, 11) is 4.17. The van der Waals surface area contributed by atoms with Crippen LogP contribution in [-0.4, -0.2) is 14.1 Å². The van der Waals surface area contributed by atoms with E-state index < -0.39 is 0 Å². The molecule has 1 heterocycles. The van der Waals surface area contributed by atoms with Gasteiger partial charge in [0.25, 0.3) is 0 Å². The molecule has 98 valence electrons. The van der Waals surface area contributed by atoms with Crippen LogP contribution in [0.5, 0.6) is 0 Å². The van der Waals surface area contributed by atoms with Crippen molar-refractivity contribution in [1.82, 2.24) is 0 Å². The van der Waals surface area contributed by atoms with Crippen LogP contribution in [0.1, 0.15) is 19.4 Å². The highest BCUT2D eigenvalue weighted by atomic mass is 32.2. The molecule has 1 aromatic carbocycles. The van der Waals surface area contributed by atoms with E-state index in [1.54, 1.807) is 0 Å². The van der Waals surface area contributed by atoms with Crippen molar-refractivity contribution in [3.8, 4) is 0 Å². The van der Waals surface area contributed by atoms with E-state index in [1.165, 1.54) is 26.6 Å². The number of benzene rings is 1. The zero-order chi connectivity index (χ0) is 13.6. The van der Waals surface area contributed by atoms with E-state index in [-0.39, 0.29) is 5.41 Å². The Balaban J connectivity index is 2.06. The van der Waals surface area contributed by atoms with E-state index in [4.69, 9.17) is 0 Å². The van der Waals surface area contributed by atoms with E-state index >= 15 is 0 Å². The first-order valence-electron chi connectivity index (χ1n) is 6.58. The minimum atomic E-state index is 0.163. The van der Waals surface area contributed by atoms with Crippen molar-refractivity contribution < 1.29 is 0 Å². The van der Waals surface area contributed by atoms with Gasteiger partial charge in [0, 0.05) is 35.0 Å². The fourth-order valence-corrected chi connectivity index (χ4v) is 3.63. The summed E-state index contributed by atoms with van der Waals surface area (Å²) in [4.78, 5) is 4.89. The number of allylic oxidation sites excluding steroid dienone is 4. The molecule has 1 aromatic rings. The van der Waals surface area contributed by atoms with Crippen LogP contribution in [0, 0.1) is 5.41 Å². The summed E-state index contributed by atoms with van der Waals surface area (Å²) in [5.41, 5.74) is 4.09.